The van der Waals surface area contributed by atoms with Gasteiger partial charge in [-0.2, -0.15) is 0 Å². The second-order valence-corrected chi connectivity index (χ2v) is 7.27. The van der Waals surface area contributed by atoms with E-state index in [1.165, 1.54) is 50.5 Å². The van der Waals surface area contributed by atoms with Crippen LogP contribution >= 0.6 is 0 Å². The van der Waals surface area contributed by atoms with E-state index in [2.05, 4.69) is 59.7 Å². The van der Waals surface area contributed by atoms with Gasteiger partial charge in [-0.1, -0.05) is 79.0 Å². The normalized spacial score (nSPS) is 13.4. The van der Waals surface area contributed by atoms with E-state index in [-0.39, 0.29) is 0 Å². The van der Waals surface area contributed by atoms with Gasteiger partial charge in [-0.15, -0.1) is 0 Å². The second kappa shape index (κ2) is 8.61. The number of benzene rings is 1. The maximum Gasteiger partial charge on any atom is -0.0106 e. The summed E-state index contributed by atoms with van der Waals surface area (Å²) < 4.78 is 0. The summed E-state index contributed by atoms with van der Waals surface area (Å²) in [5, 5.41) is 0. The molecule has 0 aliphatic rings. The molecule has 0 bridgehead atoms. The first-order valence-electron chi connectivity index (χ1n) is 9.09. The monoisotopic (exact) mass is 288 g/mol. The third-order valence-corrected chi connectivity index (χ3v) is 5.25. The maximum absolute atomic E-state index is 2.51. The van der Waals surface area contributed by atoms with Crippen molar-refractivity contribution in [3.8, 4) is 0 Å². The highest BCUT2D eigenvalue weighted by atomic mass is 14.2. The predicted octanol–water partition coefficient (Wildman–Crippen LogP) is 7.01. The Morgan fingerprint density at radius 3 is 2.29 bits per heavy atom. The van der Waals surface area contributed by atoms with Crippen LogP contribution in [-0.2, 0) is 11.8 Å². The molecular formula is C21H36. The molecule has 120 valence electrons. The molecule has 0 saturated carbocycles. The molecule has 0 fully saturated rings. The Labute approximate surface area is 133 Å². The molecule has 0 saturated heterocycles. The van der Waals surface area contributed by atoms with Gasteiger partial charge in [-0.05, 0) is 53.7 Å². The van der Waals surface area contributed by atoms with E-state index in [0.29, 0.717) is 11.3 Å². The van der Waals surface area contributed by atoms with Crippen LogP contribution in [0.2, 0.25) is 0 Å². The van der Waals surface area contributed by atoms with Crippen LogP contribution in [0.4, 0.5) is 0 Å². The van der Waals surface area contributed by atoms with Crippen LogP contribution in [-0.4, -0.2) is 0 Å². The minimum Gasteiger partial charge on any atom is -0.0654 e. The molecule has 1 rings (SSSR count). The molecule has 0 N–H and O–H groups in total. The van der Waals surface area contributed by atoms with Gasteiger partial charge in [0.2, 0.25) is 0 Å². The van der Waals surface area contributed by atoms with E-state index in [9.17, 15) is 0 Å². The number of rotatable bonds is 9. The molecule has 0 heteroatoms. The SMILES string of the molecule is CCCCCCc1ccc(C(C)(C)CC)cc1C(C)CC. The minimum absolute atomic E-state index is 0.295. The molecule has 0 aliphatic carbocycles. The van der Waals surface area contributed by atoms with Crippen LogP contribution in [0, 0.1) is 0 Å². The molecule has 0 heterocycles. The fraction of sp³-hybridized carbons (Fsp3) is 0.714. The Morgan fingerprint density at radius 2 is 1.71 bits per heavy atom. The molecule has 0 spiro atoms. The summed E-state index contributed by atoms with van der Waals surface area (Å²) in [5.74, 6) is 0.679. The van der Waals surface area contributed by atoms with Gasteiger partial charge >= 0.3 is 0 Å². The first kappa shape index (κ1) is 18.3. The van der Waals surface area contributed by atoms with Crippen molar-refractivity contribution in [3.05, 3.63) is 34.9 Å². The van der Waals surface area contributed by atoms with E-state index >= 15 is 0 Å². The van der Waals surface area contributed by atoms with Crippen molar-refractivity contribution in [3.63, 3.8) is 0 Å². The molecule has 1 aromatic carbocycles. The van der Waals surface area contributed by atoms with Gasteiger partial charge in [0.05, 0.1) is 0 Å². The molecule has 1 unspecified atom stereocenters. The van der Waals surface area contributed by atoms with E-state index in [1.54, 1.807) is 11.1 Å². The topological polar surface area (TPSA) is 0 Å². The third-order valence-electron chi connectivity index (χ3n) is 5.25. The van der Waals surface area contributed by atoms with Gasteiger partial charge < -0.3 is 0 Å². The lowest BCUT2D eigenvalue weighted by atomic mass is 9.79. The average Bonchev–Trinajstić information content (AvgIpc) is 2.50. The summed E-state index contributed by atoms with van der Waals surface area (Å²) in [5.41, 5.74) is 5.00. The molecule has 1 aromatic rings. The number of aryl methyl sites for hydroxylation is 1. The highest BCUT2D eigenvalue weighted by Crippen LogP contribution is 2.32. The molecule has 21 heavy (non-hydrogen) atoms. The van der Waals surface area contributed by atoms with Crippen LogP contribution < -0.4 is 0 Å². The third kappa shape index (κ3) is 5.16. The summed E-state index contributed by atoms with van der Waals surface area (Å²) in [7, 11) is 0. The Balaban J connectivity index is 2.97. The Bertz CT molecular complexity index is 414. The van der Waals surface area contributed by atoms with Crippen molar-refractivity contribution in [1.29, 1.82) is 0 Å². The van der Waals surface area contributed by atoms with Gasteiger partial charge in [0, 0.05) is 0 Å². The summed E-state index contributed by atoms with van der Waals surface area (Å²) in [6.45, 7) is 14.0. The lowest BCUT2D eigenvalue weighted by Gasteiger charge is -2.26. The predicted molar refractivity (Wildman–Crippen MR) is 96.3 cm³/mol. The van der Waals surface area contributed by atoms with Crippen LogP contribution in [0.5, 0.6) is 0 Å². The van der Waals surface area contributed by atoms with Gasteiger partial charge in [0.1, 0.15) is 0 Å². The molecule has 0 aromatic heterocycles. The van der Waals surface area contributed by atoms with Gasteiger partial charge in [-0.25, -0.2) is 0 Å². The van der Waals surface area contributed by atoms with Crippen LogP contribution in [0.1, 0.15) is 103 Å². The van der Waals surface area contributed by atoms with E-state index in [1.807, 2.05) is 0 Å². The van der Waals surface area contributed by atoms with E-state index < -0.39 is 0 Å². The van der Waals surface area contributed by atoms with Gasteiger partial charge in [-0.3, -0.25) is 0 Å². The first-order valence-corrected chi connectivity index (χ1v) is 9.09. The zero-order chi connectivity index (χ0) is 15.9. The maximum atomic E-state index is 2.51. The zero-order valence-electron chi connectivity index (χ0n) is 15.3. The van der Waals surface area contributed by atoms with E-state index in [0.717, 1.165) is 0 Å². The Morgan fingerprint density at radius 1 is 1.00 bits per heavy atom. The fourth-order valence-corrected chi connectivity index (χ4v) is 2.87. The Hall–Kier alpha value is -0.780. The lowest BCUT2D eigenvalue weighted by molar-refractivity contribution is 0.504. The number of hydrogen-bond donors (Lipinski definition) is 0. The largest absolute Gasteiger partial charge is 0.0654 e. The smallest absolute Gasteiger partial charge is 0.0106 e. The summed E-state index contributed by atoms with van der Waals surface area (Å²) >= 11 is 0. The highest BCUT2D eigenvalue weighted by molar-refractivity contribution is 5.37. The van der Waals surface area contributed by atoms with Crippen molar-refractivity contribution >= 4 is 0 Å². The van der Waals surface area contributed by atoms with Crippen LogP contribution in [0.25, 0.3) is 0 Å². The summed E-state index contributed by atoms with van der Waals surface area (Å²) in [6.07, 6.45) is 9.10. The van der Waals surface area contributed by atoms with Crippen molar-refractivity contribution in [2.75, 3.05) is 0 Å². The van der Waals surface area contributed by atoms with Crippen molar-refractivity contribution in [2.45, 2.75) is 97.8 Å². The van der Waals surface area contributed by atoms with Crippen molar-refractivity contribution in [2.24, 2.45) is 0 Å². The number of unbranched alkanes of at least 4 members (excludes halogenated alkanes) is 3. The van der Waals surface area contributed by atoms with Gasteiger partial charge in [0.25, 0.3) is 0 Å². The zero-order valence-corrected chi connectivity index (χ0v) is 15.3. The standard InChI is InChI=1S/C21H36/c1-7-10-11-12-13-18-14-15-19(21(5,6)9-3)16-20(18)17(4)8-2/h14-17H,7-13H2,1-6H3. The quantitative estimate of drug-likeness (QED) is 0.429. The van der Waals surface area contributed by atoms with Crippen LogP contribution in [0.3, 0.4) is 0 Å². The molecule has 0 nitrogen and oxygen atoms in total. The van der Waals surface area contributed by atoms with E-state index in [4.69, 9.17) is 0 Å². The second-order valence-electron chi connectivity index (χ2n) is 7.27. The van der Waals surface area contributed by atoms with Crippen molar-refractivity contribution < 1.29 is 0 Å². The molecule has 1 atom stereocenters. The first-order chi connectivity index (χ1) is 9.96. The molecule has 0 radical (unpaired) electrons. The lowest BCUT2D eigenvalue weighted by Crippen LogP contribution is -2.16. The summed E-state index contributed by atoms with van der Waals surface area (Å²) in [4.78, 5) is 0. The fourth-order valence-electron chi connectivity index (χ4n) is 2.87. The highest BCUT2D eigenvalue weighted by Gasteiger charge is 2.20. The van der Waals surface area contributed by atoms with Crippen molar-refractivity contribution in [1.82, 2.24) is 0 Å². The summed E-state index contributed by atoms with van der Waals surface area (Å²) in [6, 6.07) is 7.30. The average molecular weight is 289 g/mol. The van der Waals surface area contributed by atoms with Crippen LogP contribution in [0.15, 0.2) is 18.2 Å². The molecule has 0 aliphatic heterocycles. The number of hydrogen-bond acceptors (Lipinski definition) is 0. The van der Waals surface area contributed by atoms with Gasteiger partial charge in [0.15, 0.2) is 0 Å². The molecular weight excluding hydrogens is 252 g/mol. The minimum atomic E-state index is 0.295. The Kier molecular flexibility index (Phi) is 7.49. The molecule has 0 amide bonds.